The molecule has 2 saturated heterocycles. The summed E-state index contributed by atoms with van der Waals surface area (Å²) in [6.07, 6.45) is 6.50. The number of alkyl halides is 1. The van der Waals surface area contributed by atoms with Crippen LogP contribution in [-0.2, 0) is 33.0 Å². The molecular formula is C31H49ClO7Si. The number of cyclic esters (lactones) is 1. The number of halogens is 1. The number of carbonyl (C=O) groups is 3. The first kappa shape index (κ1) is 31.6. The summed E-state index contributed by atoms with van der Waals surface area (Å²) in [6, 6.07) is 0. The average molecular weight is 597 g/mol. The van der Waals surface area contributed by atoms with Crippen molar-refractivity contribution in [1.82, 2.24) is 0 Å². The smallest absolute Gasteiger partial charge is 0.311 e. The molecule has 0 aromatic heterocycles. The van der Waals surface area contributed by atoms with Crippen molar-refractivity contribution in [3.8, 4) is 0 Å². The van der Waals surface area contributed by atoms with Crippen molar-refractivity contribution >= 4 is 37.8 Å². The minimum Gasteiger partial charge on any atom is -0.462 e. The number of rotatable bonds is 8. The van der Waals surface area contributed by atoms with Gasteiger partial charge in [0.25, 0.3) is 0 Å². The minimum absolute atomic E-state index is 0.0287. The number of carbonyl (C=O) groups excluding carboxylic acids is 3. The van der Waals surface area contributed by atoms with Crippen molar-refractivity contribution in [2.45, 2.75) is 134 Å². The van der Waals surface area contributed by atoms with Crippen molar-refractivity contribution in [3.63, 3.8) is 0 Å². The first-order valence-electron chi connectivity index (χ1n) is 15.1. The summed E-state index contributed by atoms with van der Waals surface area (Å²) in [5, 5.41) is -0.462. The topological polar surface area (TPSA) is 88.1 Å². The summed E-state index contributed by atoms with van der Waals surface area (Å²) < 4.78 is 24.7. The second kappa shape index (κ2) is 11.0. The van der Waals surface area contributed by atoms with Gasteiger partial charge < -0.3 is 18.6 Å². The second-order valence-electron chi connectivity index (χ2n) is 14.7. The van der Waals surface area contributed by atoms with Crippen LogP contribution in [-0.4, -0.2) is 55.5 Å². The Labute approximate surface area is 246 Å². The summed E-state index contributed by atoms with van der Waals surface area (Å²) >= 11 is 6.94. The zero-order chi connectivity index (χ0) is 29.8. The van der Waals surface area contributed by atoms with Gasteiger partial charge in [0.05, 0.1) is 29.2 Å². The molecule has 2 aliphatic heterocycles. The van der Waals surface area contributed by atoms with Crippen LogP contribution < -0.4 is 0 Å². The van der Waals surface area contributed by atoms with Crippen LogP contribution in [0.25, 0.3) is 0 Å². The molecule has 0 N–H and O–H groups in total. The summed E-state index contributed by atoms with van der Waals surface area (Å²) in [7, 11) is -2.04. The molecule has 4 aliphatic rings. The zero-order valence-electron chi connectivity index (χ0n) is 25.8. The van der Waals surface area contributed by atoms with Crippen LogP contribution in [0.5, 0.6) is 0 Å². The average Bonchev–Trinajstić information content (AvgIpc) is 2.98. The summed E-state index contributed by atoms with van der Waals surface area (Å²) in [4.78, 5) is 38.7. The van der Waals surface area contributed by atoms with Crippen molar-refractivity contribution in [2.75, 3.05) is 0 Å². The molecule has 0 aromatic carbocycles. The number of hydrogen-bond acceptors (Lipinski definition) is 7. The van der Waals surface area contributed by atoms with Crippen LogP contribution >= 0.6 is 11.6 Å². The molecule has 0 radical (unpaired) electrons. The van der Waals surface area contributed by atoms with Crippen molar-refractivity contribution in [2.24, 2.45) is 29.1 Å². The Balaban J connectivity index is 1.54. The first-order valence-corrected chi connectivity index (χ1v) is 18.4. The first-order chi connectivity index (χ1) is 18.4. The maximum atomic E-state index is 13.2. The van der Waals surface area contributed by atoms with E-state index in [1.807, 2.05) is 26.8 Å². The molecule has 1 saturated carbocycles. The van der Waals surface area contributed by atoms with Crippen LogP contribution in [0, 0.1) is 29.1 Å². The fraction of sp³-hybridized carbons (Fsp3) is 0.839. The number of ether oxygens (including phenoxy) is 3. The zero-order valence-corrected chi connectivity index (χ0v) is 27.5. The maximum Gasteiger partial charge on any atom is 0.311 e. The molecule has 0 amide bonds. The van der Waals surface area contributed by atoms with Crippen molar-refractivity contribution in [1.29, 1.82) is 0 Å². The largest absolute Gasteiger partial charge is 0.462 e. The third kappa shape index (κ3) is 5.78. The number of esters is 3. The van der Waals surface area contributed by atoms with Gasteiger partial charge >= 0.3 is 17.9 Å². The molecule has 2 aliphatic carbocycles. The molecule has 9 atom stereocenters. The quantitative estimate of drug-likeness (QED) is 0.103. The highest BCUT2D eigenvalue weighted by Crippen LogP contribution is 2.57. The van der Waals surface area contributed by atoms with Crippen LogP contribution in [0.2, 0.25) is 18.1 Å². The highest BCUT2D eigenvalue weighted by molar-refractivity contribution is 6.74. The molecule has 4 rings (SSSR count). The SMILES string of the molecule is CCC(C)(C)C(=O)O[C@H]1C[C@H]2C(=O)O[C@]3(C=C[C@H](C)[C@H](CC[C@@H]4C[C@@H](O[Si](C)(C)C(C)(C)C)CC(=O)O4)[C@@H]13)[C@H]2Cl. The predicted octanol–water partition coefficient (Wildman–Crippen LogP) is 6.57. The Kier molecular flexibility index (Phi) is 8.70. The van der Waals surface area contributed by atoms with Gasteiger partial charge in [-0.2, -0.15) is 0 Å². The monoisotopic (exact) mass is 596 g/mol. The second-order valence-corrected chi connectivity index (χ2v) is 20.0. The number of fused-ring (bicyclic) bond motifs is 1. The molecule has 2 bridgehead atoms. The van der Waals surface area contributed by atoms with Crippen LogP contribution in [0.15, 0.2) is 12.2 Å². The van der Waals surface area contributed by atoms with Gasteiger partial charge in [-0.3, -0.25) is 14.4 Å². The Morgan fingerprint density at radius 1 is 1.15 bits per heavy atom. The van der Waals surface area contributed by atoms with Gasteiger partial charge in [-0.05, 0) is 75.6 Å². The van der Waals surface area contributed by atoms with E-state index >= 15 is 0 Å². The van der Waals surface area contributed by atoms with Gasteiger partial charge in [-0.15, -0.1) is 11.6 Å². The molecule has 226 valence electrons. The van der Waals surface area contributed by atoms with E-state index in [4.69, 9.17) is 30.2 Å². The Bertz CT molecular complexity index is 1030. The summed E-state index contributed by atoms with van der Waals surface area (Å²) in [5.74, 6) is -1.39. The molecular weight excluding hydrogens is 548 g/mol. The van der Waals surface area contributed by atoms with Gasteiger partial charge in [-0.25, -0.2) is 0 Å². The molecule has 1 spiro atoms. The van der Waals surface area contributed by atoms with Crippen molar-refractivity contribution in [3.05, 3.63) is 12.2 Å². The fourth-order valence-electron chi connectivity index (χ4n) is 6.60. The normalized spacial score (nSPS) is 38.0. The third-order valence-corrected chi connectivity index (χ3v) is 15.8. The Morgan fingerprint density at radius 3 is 2.45 bits per heavy atom. The third-order valence-electron chi connectivity index (χ3n) is 10.6. The predicted molar refractivity (Wildman–Crippen MR) is 156 cm³/mol. The molecule has 2 heterocycles. The van der Waals surface area contributed by atoms with Gasteiger partial charge in [-0.1, -0.05) is 40.7 Å². The van der Waals surface area contributed by atoms with E-state index in [1.54, 1.807) is 0 Å². The lowest BCUT2D eigenvalue weighted by atomic mass is 9.59. The van der Waals surface area contributed by atoms with E-state index in [9.17, 15) is 14.4 Å². The van der Waals surface area contributed by atoms with Crippen molar-refractivity contribution < 1.29 is 33.0 Å². The molecule has 40 heavy (non-hydrogen) atoms. The molecule has 9 heteroatoms. The van der Waals surface area contributed by atoms with Crippen LogP contribution in [0.1, 0.15) is 87.0 Å². The van der Waals surface area contributed by atoms with Gasteiger partial charge in [0, 0.05) is 12.3 Å². The molecule has 7 nitrogen and oxygen atoms in total. The fourth-order valence-corrected chi connectivity index (χ4v) is 8.44. The lowest BCUT2D eigenvalue weighted by Crippen LogP contribution is -2.59. The standard InChI is InChI=1S/C31H49ClO7Si/c1-10-30(6,7)28(35)37-23-17-22-26(32)31(38-27(22)34)14-13-18(2)21(25(23)31)12-11-19-15-20(16-24(33)36-19)39-40(8,9)29(3,4)5/h13-14,18-23,25-26H,10-12,15-17H2,1-9H3/t18-,19+,20+,21-,22+,23-,25-,26-,31-/m0/s1. The van der Waals surface area contributed by atoms with E-state index in [-0.39, 0.29) is 59.3 Å². The summed E-state index contributed by atoms with van der Waals surface area (Å²) in [5.41, 5.74) is -1.63. The van der Waals surface area contributed by atoms with Gasteiger partial charge in [0.2, 0.25) is 0 Å². The molecule has 3 fully saturated rings. The van der Waals surface area contributed by atoms with E-state index in [2.05, 4.69) is 46.9 Å². The Hall–Kier alpha value is -1.38. The minimum atomic E-state index is -2.04. The van der Waals surface area contributed by atoms with Crippen LogP contribution in [0.3, 0.4) is 0 Å². The van der Waals surface area contributed by atoms with E-state index < -0.39 is 36.7 Å². The lowest BCUT2D eigenvalue weighted by Gasteiger charge is -2.51. The molecule has 0 aromatic rings. The summed E-state index contributed by atoms with van der Waals surface area (Å²) in [6.45, 7) is 18.9. The maximum absolute atomic E-state index is 13.2. The van der Waals surface area contributed by atoms with E-state index in [0.717, 1.165) is 6.42 Å². The lowest BCUT2D eigenvalue weighted by molar-refractivity contribution is -0.177. The molecule has 0 unspecified atom stereocenters. The highest BCUT2D eigenvalue weighted by Gasteiger charge is 2.67. The highest BCUT2D eigenvalue weighted by atomic mass is 35.5. The van der Waals surface area contributed by atoms with Gasteiger partial charge in [0.1, 0.15) is 12.2 Å². The van der Waals surface area contributed by atoms with Gasteiger partial charge in [0.15, 0.2) is 13.9 Å². The number of hydrogen-bond donors (Lipinski definition) is 0. The Morgan fingerprint density at radius 2 is 1.82 bits per heavy atom. The van der Waals surface area contributed by atoms with E-state index in [0.29, 0.717) is 25.7 Å². The number of allylic oxidation sites excluding steroid dienone is 1. The van der Waals surface area contributed by atoms with Crippen LogP contribution in [0.4, 0.5) is 0 Å². The van der Waals surface area contributed by atoms with E-state index in [1.165, 1.54) is 0 Å².